The summed E-state index contributed by atoms with van der Waals surface area (Å²) in [6.45, 7) is 3.49. The van der Waals surface area contributed by atoms with Crippen LogP contribution in [0.4, 0.5) is 22.9 Å². The number of anilines is 4. The number of methoxy groups -OCH3 is 1. The first-order valence-corrected chi connectivity index (χ1v) is 10.8. The molecule has 2 aromatic rings. The molecule has 3 aliphatic rings. The molecular formula is C23H27N5O4. The van der Waals surface area contributed by atoms with Gasteiger partial charge in [-0.05, 0) is 25.0 Å². The first kappa shape index (κ1) is 20.6. The Labute approximate surface area is 186 Å². The van der Waals surface area contributed by atoms with Crippen LogP contribution in [0.15, 0.2) is 30.5 Å². The zero-order chi connectivity index (χ0) is 22.3. The third-order valence-corrected chi connectivity index (χ3v) is 6.25. The Morgan fingerprint density at radius 1 is 1.22 bits per heavy atom. The van der Waals surface area contributed by atoms with Crippen molar-refractivity contribution < 1.29 is 19.1 Å². The summed E-state index contributed by atoms with van der Waals surface area (Å²) in [5.74, 6) is 0.851. The normalized spacial score (nSPS) is 18.4. The number of nitrogens with zero attached hydrogens (tertiary/aromatic N) is 2. The van der Waals surface area contributed by atoms with Crippen LogP contribution in [-0.4, -0.2) is 57.3 Å². The predicted octanol–water partition coefficient (Wildman–Crippen LogP) is 2.38. The number of aromatic nitrogens is 1. The minimum absolute atomic E-state index is 0.0394. The van der Waals surface area contributed by atoms with E-state index in [1.807, 2.05) is 18.2 Å². The van der Waals surface area contributed by atoms with Crippen molar-refractivity contribution in [2.24, 2.45) is 11.3 Å². The maximum absolute atomic E-state index is 12.4. The molecule has 1 aliphatic carbocycles. The van der Waals surface area contributed by atoms with Crippen LogP contribution in [0.5, 0.6) is 5.75 Å². The van der Waals surface area contributed by atoms with Crippen molar-refractivity contribution in [3.63, 3.8) is 0 Å². The van der Waals surface area contributed by atoms with Gasteiger partial charge < -0.3 is 30.3 Å². The molecule has 1 aromatic heterocycles. The Morgan fingerprint density at radius 3 is 2.62 bits per heavy atom. The molecule has 0 bridgehead atoms. The smallest absolute Gasteiger partial charge is 0.254 e. The fourth-order valence-corrected chi connectivity index (χ4v) is 4.26. The van der Waals surface area contributed by atoms with E-state index in [-0.39, 0.29) is 23.1 Å². The summed E-state index contributed by atoms with van der Waals surface area (Å²) >= 11 is 0. The average Bonchev–Trinajstić information content (AvgIpc) is 3.57. The molecule has 3 N–H and O–H groups in total. The van der Waals surface area contributed by atoms with Crippen molar-refractivity contribution in [2.45, 2.75) is 12.8 Å². The van der Waals surface area contributed by atoms with Gasteiger partial charge in [0.15, 0.2) is 5.75 Å². The first-order valence-electron chi connectivity index (χ1n) is 10.8. The number of hydrogen-bond donors (Lipinski definition) is 3. The molecule has 9 nitrogen and oxygen atoms in total. The highest BCUT2D eigenvalue weighted by Gasteiger charge is 2.49. The second-order valence-corrected chi connectivity index (χ2v) is 8.79. The van der Waals surface area contributed by atoms with E-state index < -0.39 is 0 Å². The van der Waals surface area contributed by atoms with Crippen LogP contribution in [-0.2, 0) is 9.53 Å². The number of hydrogen-bond acceptors (Lipinski definition) is 7. The SMILES string of the molecule is CNC(=O)c1cnc(NC(=O)C2CC2)cc1Nc1cccc(N2CC3(COC3)C2)c1OC. The lowest BCUT2D eigenvalue weighted by molar-refractivity contribution is -0.127. The van der Waals surface area contributed by atoms with Gasteiger partial charge >= 0.3 is 0 Å². The number of ether oxygens (including phenoxy) is 2. The van der Waals surface area contributed by atoms with Crippen molar-refractivity contribution >= 4 is 34.7 Å². The Balaban J connectivity index is 1.43. The number of benzene rings is 1. The highest BCUT2D eigenvalue weighted by Crippen LogP contribution is 2.46. The zero-order valence-corrected chi connectivity index (χ0v) is 18.2. The lowest BCUT2D eigenvalue weighted by atomic mass is 9.77. The molecule has 1 aromatic carbocycles. The quantitative estimate of drug-likeness (QED) is 0.611. The molecule has 5 rings (SSSR count). The molecule has 0 radical (unpaired) electrons. The molecule has 32 heavy (non-hydrogen) atoms. The Kier molecular flexibility index (Phi) is 5.13. The third-order valence-electron chi connectivity index (χ3n) is 6.25. The van der Waals surface area contributed by atoms with E-state index in [2.05, 4.69) is 25.8 Å². The van der Waals surface area contributed by atoms with E-state index in [1.165, 1.54) is 6.20 Å². The monoisotopic (exact) mass is 437 g/mol. The molecule has 1 spiro atoms. The first-order chi connectivity index (χ1) is 15.5. The molecule has 0 unspecified atom stereocenters. The third kappa shape index (κ3) is 3.73. The van der Waals surface area contributed by atoms with Crippen LogP contribution in [0, 0.1) is 11.3 Å². The summed E-state index contributed by atoms with van der Waals surface area (Å²) in [4.78, 5) is 31.2. The number of amides is 2. The summed E-state index contributed by atoms with van der Waals surface area (Å²) in [5.41, 5.74) is 2.91. The van der Waals surface area contributed by atoms with Gasteiger partial charge in [0.25, 0.3) is 5.91 Å². The minimum Gasteiger partial charge on any atom is -0.492 e. The van der Waals surface area contributed by atoms with Crippen molar-refractivity contribution in [1.29, 1.82) is 0 Å². The summed E-state index contributed by atoms with van der Waals surface area (Å²) in [7, 11) is 3.21. The molecule has 3 fully saturated rings. The van der Waals surface area contributed by atoms with E-state index in [0.717, 1.165) is 50.5 Å². The largest absolute Gasteiger partial charge is 0.492 e. The Hall–Kier alpha value is -3.33. The van der Waals surface area contributed by atoms with Gasteiger partial charge in [0.05, 0.1) is 48.4 Å². The Bertz CT molecular complexity index is 1060. The highest BCUT2D eigenvalue weighted by atomic mass is 16.5. The number of para-hydroxylation sites is 1. The fraction of sp³-hybridized carbons (Fsp3) is 0.435. The molecule has 2 amide bonds. The van der Waals surface area contributed by atoms with Gasteiger partial charge in [-0.25, -0.2) is 4.98 Å². The van der Waals surface area contributed by atoms with Crippen LogP contribution in [0.1, 0.15) is 23.2 Å². The van der Waals surface area contributed by atoms with Crippen LogP contribution < -0.4 is 25.6 Å². The van der Waals surface area contributed by atoms with Crippen molar-refractivity contribution in [2.75, 3.05) is 56.0 Å². The second-order valence-electron chi connectivity index (χ2n) is 8.79. The lowest BCUT2D eigenvalue weighted by Gasteiger charge is -2.56. The summed E-state index contributed by atoms with van der Waals surface area (Å²) in [6.07, 6.45) is 3.28. The molecular weight excluding hydrogens is 410 g/mol. The van der Waals surface area contributed by atoms with Crippen LogP contribution in [0.2, 0.25) is 0 Å². The number of nitrogens with one attached hydrogen (secondary N) is 3. The van der Waals surface area contributed by atoms with Gasteiger partial charge in [-0.15, -0.1) is 0 Å². The summed E-state index contributed by atoms with van der Waals surface area (Å²) < 4.78 is 11.1. The van der Waals surface area contributed by atoms with E-state index in [9.17, 15) is 9.59 Å². The number of carbonyl (C=O) groups excluding carboxylic acids is 2. The van der Waals surface area contributed by atoms with E-state index in [1.54, 1.807) is 20.2 Å². The van der Waals surface area contributed by atoms with Crippen molar-refractivity contribution in [1.82, 2.24) is 10.3 Å². The van der Waals surface area contributed by atoms with Crippen LogP contribution >= 0.6 is 0 Å². The standard InChI is InChI=1S/C23H27N5O4/c1-24-22(30)15-9-25-19(27-21(29)14-6-7-14)8-17(15)26-16-4-3-5-18(20(16)31-2)28-10-23(11-28)12-32-13-23/h3-5,8-9,14H,6-7,10-13H2,1-2H3,(H,24,30)(H2,25,26,27,29). The van der Waals surface area contributed by atoms with Gasteiger partial charge in [0, 0.05) is 38.3 Å². The number of rotatable bonds is 7. The number of carbonyl (C=O) groups is 2. The summed E-state index contributed by atoms with van der Waals surface area (Å²) in [6, 6.07) is 7.57. The Morgan fingerprint density at radius 2 is 2.00 bits per heavy atom. The summed E-state index contributed by atoms with van der Waals surface area (Å²) in [5, 5.41) is 8.81. The molecule has 1 saturated carbocycles. The van der Waals surface area contributed by atoms with Gasteiger partial charge in [0.1, 0.15) is 5.82 Å². The van der Waals surface area contributed by atoms with Gasteiger partial charge in [-0.1, -0.05) is 6.07 Å². The highest BCUT2D eigenvalue weighted by molar-refractivity contribution is 6.01. The molecule has 168 valence electrons. The zero-order valence-electron chi connectivity index (χ0n) is 18.2. The van der Waals surface area contributed by atoms with Crippen molar-refractivity contribution in [3.8, 4) is 5.75 Å². The molecule has 2 saturated heterocycles. The molecule has 0 atom stereocenters. The van der Waals surface area contributed by atoms with Crippen LogP contribution in [0.3, 0.4) is 0 Å². The topological polar surface area (TPSA) is 105 Å². The lowest BCUT2D eigenvalue weighted by Crippen LogP contribution is -2.66. The molecule has 9 heteroatoms. The average molecular weight is 438 g/mol. The fourth-order valence-electron chi connectivity index (χ4n) is 4.26. The van der Waals surface area contributed by atoms with Gasteiger partial charge in [-0.3, -0.25) is 9.59 Å². The molecule has 3 heterocycles. The van der Waals surface area contributed by atoms with Crippen molar-refractivity contribution in [3.05, 3.63) is 36.0 Å². The molecule has 2 aliphatic heterocycles. The van der Waals surface area contributed by atoms with E-state index in [0.29, 0.717) is 22.8 Å². The van der Waals surface area contributed by atoms with E-state index >= 15 is 0 Å². The second kappa shape index (κ2) is 7.98. The minimum atomic E-state index is -0.273. The predicted molar refractivity (Wildman–Crippen MR) is 121 cm³/mol. The van der Waals surface area contributed by atoms with Gasteiger partial charge in [0.2, 0.25) is 5.91 Å². The number of pyridine rings is 1. The maximum atomic E-state index is 12.4. The maximum Gasteiger partial charge on any atom is 0.254 e. The van der Waals surface area contributed by atoms with Gasteiger partial charge in [-0.2, -0.15) is 0 Å². The van der Waals surface area contributed by atoms with E-state index in [4.69, 9.17) is 9.47 Å². The van der Waals surface area contributed by atoms with Crippen LogP contribution in [0.25, 0.3) is 0 Å².